The summed E-state index contributed by atoms with van der Waals surface area (Å²) in [4.78, 5) is 51.9. The zero-order valence-corrected chi connectivity index (χ0v) is 22.4. The molecule has 0 saturated carbocycles. The number of pyridine rings is 1. The van der Waals surface area contributed by atoms with Crippen molar-refractivity contribution < 1.29 is 23.0 Å². The molecule has 4 aromatic rings. The number of ether oxygens (including phenoxy) is 2. The molecule has 2 aromatic heterocycles. The minimum atomic E-state index is -1.16. The van der Waals surface area contributed by atoms with Crippen LogP contribution in [0.25, 0.3) is 10.9 Å². The number of carbonyl (C=O) groups is 1. The van der Waals surface area contributed by atoms with E-state index in [2.05, 4.69) is 15.0 Å². The largest absolute Gasteiger partial charge is 0.492 e. The summed E-state index contributed by atoms with van der Waals surface area (Å²) in [5.41, 5.74) is 0.730. The van der Waals surface area contributed by atoms with Gasteiger partial charge in [-0.25, -0.2) is 18.6 Å². The third-order valence-electron chi connectivity index (χ3n) is 7.57. The first-order valence-electron chi connectivity index (χ1n) is 13.1. The molecule has 12 heteroatoms. The van der Waals surface area contributed by atoms with E-state index < -0.39 is 40.7 Å². The van der Waals surface area contributed by atoms with Gasteiger partial charge in [-0.1, -0.05) is 6.07 Å². The number of rotatable bonds is 7. The van der Waals surface area contributed by atoms with E-state index in [1.165, 1.54) is 29.6 Å². The number of likely N-dealkylation sites (N-methyl/N-ethyl adjacent to an activating group) is 1. The summed E-state index contributed by atoms with van der Waals surface area (Å²) in [6, 6.07) is 5.89. The van der Waals surface area contributed by atoms with E-state index in [0.29, 0.717) is 24.1 Å². The van der Waals surface area contributed by atoms with Crippen LogP contribution >= 0.6 is 0 Å². The lowest BCUT2D eigenvalue weighted by Crippen LogP contribution is -2.43. The van der Waals surface area contributed by atoms with Gasteiger partial charge in [0.05, 0.1) is 29.8 Å². The smallest absolute Gasteiger partial charge is 0.329 e. The third-order valence-corrected chi connectivity index (χ3v) is 7.57. The molecule has 0 amide bonds. The van der Waals surface area contributed by atoms with Gasteiger partial charge < -0.3 is 29.2 Å². The molecule has 41 heavy (non-hydrogen) atoms. The molecule has 2 aliphatic heterocycles. The molecule has 6 rings (SSSR count). The number of aromatic amines is 2. The van der Waals surface area contributed by atoms with Crippen LogP contribution in [0.15, 0.2) is 52.4 Å². The monoisotopic (exact) mass is 563 g/mol. The molecule has 0 spiro atoms. The number of esters is 1. The van der Waals surface area contributed by atoms with Crippen molar-refractivity contribution in [2.24, 2.45) is 0 Å². The maximum atomic E-state index is 15.4. The molecule has 212 valence electrons. The molecule has 0 aliphatic carbocycles. The van der Waals surface area contributed by atoms with Gasteiger partial charge in [0.2, 0.25) is 0 Å². The Kier molecular flexibility index (Phi) is 6.78. The van der Waals surface area contributed by atoms with Gasteiger partial charge in [-0.15, -0.1) is 0 Å². The average molecular weight is 564 g/mol. The molecule has 2 aliphatic rings. The van der Waals surface area contributed by atoms with E-state index in [1.54, 1.807) is 12.1 Å². The zero-order valence-electron chi connectivity index (χ0n) is 22.4. The molecule has 2 atom stereocenters. The Hall–Kier alpha value is -4.58. The highest BCUT2D eigenvalue weighted by atomic mass is 19.1. The predicted molar refractivity (Wildman–Crippen MR) is 146 cm³/mol. The van der Waals surface area contributed by atoms with Crippen molar-refractivity contribution in [3.05, 3.63) is 97.5 Å². The van der Waals surface area contributed by atoms with Crippen molar-refractivity contribution in [3.8, 4) is 5.75 Å². The van der Waals surface area contributed by atoms with Crippen molar-refractivity contribution in [1.82, 2.24) is 19.9 Å². The summed E-state index contributed by atoms with van der Waals surface area (Å²) < 4.78 is 42.4. The Morgan fingerprint density at radius 1 is 1.17 bits per heavy atom. The van der Waals surface area contributed by atoms with Gasteiger partial charge in [0.25, 0.3) is 11.1 Å². The lowest BCUT2D eigenvalue weighted by atomic mass is 9.86. The van der Waals surface area contributed by atoms with Gasteiger partial charge in [-0.2, -0.15) is 0 Å². The molecular weight excluding hydrogens is 536 g/mol. The van der Waals surface area contributed by atoms with Crippen LogP contribution in [0.5, 0.6) is 5.75 Å². The summed E-state index contributed by atoms with van der Waals surface area (Å²) >= 11 is 0. The Labute approximate surface area is 232 Å². The molecular formula is C29H27F2N5O5. The Balaban J connectivity index is 1.54. The van der Waals surface area contributed by atoms with E-state index in [0.717, 1.165) is 6.07 Å². The highest BCUT2D eigenvalue weighted by Gasteiger charge is 2.49. The molecule has 0 fully saturated rings. The maximum absolute atomic E-state index is 15.4. The van der Waals surface area contributed by atoms with E-state index >= 15 is 8.78 Å². The lowest BCUT2D eigenvalue weighted by molar-refractivity contribution is -0.145. The standard InChI is InChI=1S/C29H27F2N5O5/c1-35(2)7-9-41-29(39)25-23(17-4-3-6-32-27(17)37)24-22(12-20(31)16-5-8-40-26(16)24)36(25)13-15-10-18-21(11-19(15)30)33-14-34-28(18)38/h3-4,6,10-12,14,23,25H,5,7-9,13H2,1-2H3,(H,32,37)(H,33,34,38). The second-order valence-corrected chi connectivity index (χ2v) is 10.4. The number of hydrogen-bond donors (Lipinski definition) is 2. The SMILES string of the molecule is CN(C)CCOC(=O)C1C(c2ccc[nH]c2=O)c2c(cc(F)c3c2OCC3)N1Cc1cc2c(=O)[nH]cnc2cc1F. The number of fused-ring (bicyclic) bond motifs is 4. The van der Waals surface area contributed by atoms with Gasteiger partial charge in [-0.05, 0) is 32.3 Å². The fraction of sp³-hybridized carbons (Fsp3) is 0.310. The number of aromatic nitrogens is 3. The molecule has 0 saturated heterocycles. The van der Waals surface area contributed by atoms with Crippen LogP contribution in [0, 0.1) is 11.6 Å². The number of halogens is 2. The number of benzene rings is 2. The van der Waals surface area contributed by atoms with Crippen LogP contribution in [0.1, 0.15) is 28.2 Å². The summed E-state index contributed by atoms with van der Waals surface area (Å²) in [6.07, 6.45) is 3.00. The van der Waals surface area contributed by atoms with Crippen molar-refractivity contribution >= 4 is 22.6 Å². The van der Waals surface area contributed by atoms with Crippen LogP contribution < -0.4 is 20.8 Å². The number of H-pyrrole nitrogens is 2. The molecule has 2 aromatic carbocycles. The highest BCUT2D eigenvalue weighted by Crippen LogP contribution is 2.52. The van der Waals surface area contributed by atoms with Crippen molar-refractivity contribution in [3.63, 3.8) is 0 Å². The number of nitrogens with zero attached hydrogens (tertiary/aromatic N) is 3. The van der Waals surface area contributed by atoms with Crippen molar-refractivity contribution in [2.45, 2.75) is 24.9 Å². The average Bonchev–Trinajstić information content (AvgIpc) is 3.54. The summed E-state index contributed by atoms with van der Waals surface area (Å²) in [5, 5.41) is 0.160. The topological polar surface area (TPSA) is 121 Å². The quantitative estimate of drug-likeness (QED) is 0.329. The van der Waals surface area contributed by atoms with Gasteiger partial charge in [0.1, 0.15) is 30.0 Å². The van der Waals surface area contributed by atoms with Gasteiger partial charge >= 0.3 is 5.97 Å². The van der Waals surface area contributed by atoms with Gasteiger partial charge in [-0.3, -0.25) is 9.59 Å². The van der Waals surface area contributed by atoms with E-state index in [-0.39, 0.29) is 53.2 Å². The third kappa shape index (κ3) is 4.63. The zero-order chi connectivity index (χ0) is 28.8. The fourth-order valence-electron chi connectivity index (χ4n) is 5.66. The van der Waals surface area contributed by atoms with Crippen molar-refractivity contribution in [1.29, 1.82) is 0 Å². The summed E-state index contributed by atoms with van der Waals surface area (Å²) in [6.45, 7) is 0.534. The first-order chi connectivity index (χ1) is 19.7. The second kappa shape index (κ2) is 10.4. The van der Waals surface area contributed by atoms with Crippen LogP contribution in [0.2, 0.25) is 0 Å². The Morgan fingerprint density at radius 2 is 2.00 bits per heavy atom. The number of nitrogens with one attached hydrogen (secondary N) is 2. The minimum Gasteiger partial charge on any atom is -0.492 e. The van der Waals surface area contributed by atoms with Gasteiger partial charge in [0.15, 0.2) is 0 Å². The number of carbonyl (C=O) groups excluding carboxylic acids is 1. The fourth-order valence-corrected chi connectivity index (χ4v) is 5.66. The maximum Gasteiger partial charge on any atom is 0.329 e. The van der Waals surface area contributed by atoms with Crippen LogP contribution in [0.4, 0.5) is 14.5 Å². The van der Waals surface area contributed by atoms with Crippen LogP contribution in [0.3, 0.4) is 0 Å². The number of anilines is 1. The first-order valence-corrected chi connectivity index (χ1v) is 13.1. The van der Waals surface area contributed by atoms with Crippen LogP contribution in [-0.2, 0) is 22.5 Å². The molecule has 2 unspecified atom stereocenters. The summed E-state index contributed by atoms with van der Waals surface area (Å²) in [5.74, 6) is -2.47. The Morgan fingerprint density at radius 3 is 2.78 bits per heavy atom. The van der Waals surface area contributed by atoms with Crippen molar-refractivity contribution in [2.75, 3.05) is 38.8 Å². The predicted octanol–water partition coefficient (Wildman–Crippen LogP) is 2.45. The molecule has 10 nitrogen and oxygen atoms in total. The van der Waals surface area contributed by atoms with E-state index in [1.807, 2.05) is 19.0 Å². The van der Waals surface area contributed by atoms with Gasteiger partial charge in [0, 0.05) is 59.7 Å². The van der Waals surface area contributed by atoms with E-state index in [9.17, 15) is 14.4 Å². The summed E-state index contributed by atoms with van der Waals surface area (Å²) in [7, 11) is 3.67. The molecule has 2 N–H and O–H groups in total. The normalized spacial score (nSPS) is 17.5. The van der Waals surface area contributed by atoms with Crippen LogP contribution in [-0.4, -0.2) is 65.7 Å². The molecule has 0 radical (unpaired) electrons. The number of hydrogen-bond acceptors (Lipinski definition) is 8. The highest BCUT2D eigenvalue weighted by molar-refractivity contribution is 5.88. The first kappa shape index (κ1) is 26.6. The lowest BCUT2D eigenvalue weighted by Gasteiger charge is -2.29. The Bertz CT molecular complexity index is 1790. The molecule has 4 heterocycles. The van der Waals surface area contributed by atoms with E-state index in [4.69, 9.17) is 9.47 Å². The molecule has 0 bridgehead atoms. The minimum absolute atomic E-state index is 0.0682. The second-order valence-electron chi connectivity index (χ2n) is 10.4.